The molecule has 0 aliphatic carbocycles. The molecule has 79 heavy (non-hydrogen) atoms. The van der Waals surface area contributed by atoms with E-state index < -0.39 is 142 Å². The molecule has 6 aromatic heterocycles. The highest BCUT2D eigenvalue weighted by atomic mass is 31.3. The lowest BCUT2D eigenvalue weighted by atomic mass is 10.1. The number of anilines is 3. The lowest BCUT2D eigenvalue weighted by Gasteiger charge is -2.35. The lowest BCUT2D eigenvalue weighted by molar-refractivity contribution is -0.745. The predicted octanol–water partition coefficient (Wildman–Crippen LogP) is -5.95. The summed E-state index contributed by atoms with van der Waals surface area (Å²) in [7, 11) is -22.4. The van der Waals surface area contributed by atoms with Gasteiger partial charge in [0.1, 0.15) is 66.8 Å². The number of nitrogens with one attached hydrogen (secondary N) is 1. The van der Waals surface area contributed by atoms with E-state index in [1.165, 1.54) is 17.9 Å². The molecule has 47 heteroatoms. The minimum Gasteiger partial charge on any atom is -0.856 e. The zero-order valence-electron chi connectivity index (χ0n) is 41.8. The van der Waals surface area contributed by atoms with E-state index in [1.54, 1.807) is 0 Å². The number of nitrogens with zero attached hydrogens (tertiary/aromatic N) is 11. The third-order valence-corrected chi connectivity index (χ3v) is 16.6. The van der Waals surface area contributed by atoms with Crippen LogP contribution in [0.4, 0.5) is 17.7 Å². The molecule has 0 amide bonds. The van der Waals surface area contributed by atoms with Gasteiger partial charge in [0.2, 0.25) is 12.2 Å². The van der Waals surface area contributed by atoms with Gasteiger partial charge in [0.25, 0.3) is 42.8 Å². The van der Waals surface area contributed by atoms with E-state index in [-0.39, 0.29) is 69.9 Å². The summed E-state index contributed by atoms with van der Waals surface area (Å²) in [6.45, 7) is -3.74. The Morgan fingerprint density at radius 1 is 0.696 bits per heavy atom. The molecule has 3 aliphatic rings. The summed E-state index contributed by atoms with van der Waals surface area (Å²) in [5.74, 6) is -1.72. The highest BCUT2D eigenvalue weighted by Crippen LogP contribution is 2.63. The number of hydrogen-bond acceptors (Lipinski definition) is 34. The third kappa shape index (κ3) is 12.9. The summed E-state index contributed by atoms with van der Waals surface area (Å²) in [6, 6.07) is 0. The Balaban J connectivity index is 0.00000287. The number of aliphatic hydroxyl groups excluding tert-OH is 4. The smallest absolute Gasteiger partial charge is 0.309 e. The number of phosphoric acid groups is 4. The summed E-state index contributed by atoms with van der Waals surface area (Å²) in [6.07, 6.45) is -16.8. The number of methoxy groups -OCH3 is 1. The van der Waals surface area contributed by atoms with E-state index in [1.807, 2.05) is 0 Å². The number of ether oxygens (including phenoxy) is 4. The number of aryl methyl sites for hydroxylation is 1. The summed E-state index contributed by atoms with van der Waals surface area (Å²) in [5.41, 5.74) is 15.7. The maximum absolute atomic E-state index is 13.5. The van der Waals surface area contributed by atoms with Crippen molar-refractivity contribution in [2.75, 3.05) is 44.1 Å². The third-order valence-electron chi connectivity index (χ3n) is 11.5. The van der Waals surface area contributed by atoms with Crippen molar-refractivity contribution < 1.29 is 114 Å². The van der Waals surface area contributed by atoms with Crippen LogP contribution in [0.1, 0.15) is 18.7 Å². The normalized spacial score (nSPS) is 28.9. The fourth-order valence-electron chi connectivity index (χ4n) is 8.22. The molecule has 43 nitrogen and oxygen atoms in total. The van der Waals surface area contributed by atoms with Gasteiger partial charge in [-0.3, -0.25) is 41.7 Å². The van der Waals surface area contributed by atoms with E-state index in [9.17, 15) is 68.2 Å². The van der Waals surface area contributed by atoms with Crippen molar-refractivity contribution in [2.45, 2.75) is 73.6 Å². The monoisotopic (exact) mass is 1210 g/mol. The number of nitrogens with two attached hydrogens (primary N) is 3. The molecule has 6 aromatic rings. The Labute approximate surface area is 439 Å². The minimum atomic E-state index is -6.59. The predicted molar refractivity (Wildman–Crippen MR) is 251 cm³/mol. The molecule has 27 N–H and O–H groups in total. The first-order valence-corrected chi connectivity index (χ1v) is 26.9. The average molecular weight is 1210 g/mol. The average Bonchev–Trinajstić information content (AvgIpc) is 4.17. The number of nitrogen functional groups attached to an aromatic ring is 3. The molecule has 0 aromatic carbocycles. The lowest BCUT2D eigenvalue weighted by Crippen LogP contribution is -2.46. The van der Waals surface area contributed by atoms with Crippen molar-refractivity contribution in [1.29, 1.82) is 0 Å². The molecule has 442 valence electrons. The van der Waals surface area contributed by atoms with Gasteiger partial charge >= 0.3 is 5.65 Å². The van der Waals surface area contributed by atoms with Crippen molar-refractivity contribution in [3.63, 3.8) is 0 Å². The summed E-state index contributed by atoms with van der Waals surface area (Å²) in [4.78, 5) is 93.8. The number of phosphoric ester groups is 3. The molecular weight excluding hydrogens is 1160 g/mol. The Kier molecular flexibility index (Phi) is 19.6. The number of H-pyrrole nitrogens is 1. The molecule has 9 heterocycles. The Morgan fingerprint density at radius 2 is 1.25 bits per heavy atom. The van der Waals surface area contributed by atoms with E-state index >= 15 is 0 Å². The van der Waals surface area contributed by atoms with Gasteiger partial charge in [-0.15, -0.1) is 0 Å². The van der Waals surface area contributed by atoms with Crippen molar-refractivity contribution >= 4 is 82.5 Å². The van der Waals surface area contributed by atoms with Crippen molar-refractivity contribution in [2.24, 2.45) is 7.05 Å². The fourth-order valence-corrected chi connectivity index (χ4v) is 12.5. The van der Waals surface area contributed by atoms with Crippen LogP contribution in [0.3, 0.4) is 0 Å². The fraction of sp³-hybridized carbons (Fsp3) is 0.531. The van der Waals surface area contributed by atoms with Crippen molar-refractivity contribution in [3.05, 3.63) is 35.7 Å². The maximum Gasteiger partial charge on any atom is 0.309 e. The number of hydrogen-bond donors (Lipinski definition) is 12. The number of aliphatic hydroxyl groups is 4. The Bertz CT molecular complexity index is 3410. The number of quaternary nitrogens is 4. The molecule has 0 bridgehead atoms. The van der Waals surface area contributed by atoms with E-state index in [2.05, 4.69) is 57.5 Å². The van der Waals surface area contributed by atoms with Crippen LogP contribution < -0.4 is 76.6 Å². The first-order chi connectivity index (χ1) is 35.2. The van der Waals surface area contributed by atoms with Gasteiger partial charge in [0, 0.05) is 13.0 Å². The highest BCUT2D eigenvalue weighted by Gasteiger charge is 2.51. The molecule has 3 saturated heterocycles. The molecule has 3 aliphatic heterocycles. The van der Waals surface area contributed by atoms with E-state index in [0.29, 0.717) is 0 Å². The molecule has 9 rings (SSSR count). The second-order valence-electron chi connectivity index (χ2n) is 16.3. The minimum absolute atomic E-state index is 0. The standard InChI is InChI=1S/C32H43N15O24P4.4H3N/c1-44-9-47(25-15(44)27(53)43-32(35)41-25)29-19(51)17(49)11(67-29)4-64-73(56,57)70-75(60,61)71-74(58,59)65-5-12-20(21(62-2)30(68-12)45-7-38-13-22(33)36-6-37-23(13)45)69-72(54,55)63-3-10-16(48)18(50)28(66-10)46-8-39-14-24(46)40-31(34)42-26(14)52;;;;/h6-12,16-21,28-30,48-51H,3-5H2,1-2H3,(H11-,33,34,35,36,37,40,41,42,43,52,53,54,55,56,57,58,59,60,61);4*1H3/t10-,11-,12-,16-,17-,18-,19-,20-,21-,28-,29-,30-;;;;/m1..../s1. The van der Waals surface area contributed by atoms with Crippen LogP contribution in [0.25, 0.3) is 33.5 Å². The number of aromatic amines is 1. The second-order valence-corrected chi connectivity index (χ2v) is 22.2. The van der Waals surface area contributed by atoms with Crippen molar-refractivity contribution in [1.82, 2.24) is 78.2 Å². The number of fused-ring (bicyclic) bond motifs is 3. The Morgan fingerprint density at radius 3 is 1.89 bits per heavy atom. The molecule has 0 saturated carbocycles. The van der Waals surface area contributed by atoms with E-state index in [0.717, 1.165) is 39.8 Å². The van der Waals surface area contributed by atoms with Gasteiger partial charge in [-0.25, -0.2) is 38.1 Å². The van der Waals surface area contributed by atoms with Gasteiger partial charge in [-0.05, 0) is 0 Å². The van der Waals surface area contributed by atoms with Crippen LogP contribution in [-0.2, 0) is 71.0 Å². The largest absolute Gasteiger partial charge is 0.856 e. The van der Waals surface area contributed by atoms with Gasteiger partial charge in [-0.2, -0.15) is 4.98 Å². The van der Waals surface area contributed by atoms with Crippen LogP contribution in [0.2, 0.25) is 0 Å². The molecule has 0 radical (unpaired) electrons. The molecular formula is C32H55N19O24P4. The van der Waals surface area contributed by atoms with Crippen LogP contribution in [0, 0.1) is 0 Å². The second kappa shape index (κ2) is 24.0. The summed E-state index contributed by atoms with van der Waals surface area (Å²) in [5, 5.41) is 55.4. The SMILES string of the molecule is CO[C@@H]1[C@H](OP(=O)([O-])OC[C@H]2O[C@@H](n3cnc4c(=O)[nH]c(N)nc43)[C@H](O)[C@@H]2O)[C@@H](COP(=O)([O-])OP(=O)([O-])OP(=O)([O-])OC[C@H]2O[C@@H]([n+]3cn(C)c4c([O-])nc(N)nc43)[C@H](O)[C@@H]2O)O[C@H]1n1cnc2c(N)ncnc21.[NH4+].[NH4+].[NH4+].[NH4+]. The first-order valence-electron chi connectivity index (χ1n) is 21.0. The molecule has 4 unspecified atom stereocenters. The van der Waals surface area contributed by atoms with Gasteiger partial charge in [0.05, 0.1) is 39.5 Å². The molecule has 0 spiro atoms. The van der Waals surface area contributed by atoms with Gasteiger partial charge < -0.3 is 124 Å². The summed E-state index contributed by atoms with van der Waals surface area (Å²) < 4.78 is 106. The number of rotatable bonds is 19. The number of aromatic nitrogens is 12. The van der Waals surface area contributed by atoms with Crippen LogP contribution in [-0.4, -0.2) is 156 Å². The highest BCUT2D eigenvalue weighted by molar-refractivity contribution is 7.65. The van der Waals surface area contributed by atoms with Gasteiger partial charge in [-0.1, -0.05) is 4.98 Å². The van der Waals surface area contributed by atoms with Crippen molar-refractivity contribution in [3.8, 4) is 5.88 Å². The van der Waals surface area contributed by atoms with Crippen LogP contribution in [0.15, 0.2) is 30.1 Å². The molecule has 16 atom stereocenters. The van der Waals surface area contributed by atoms with Gasteiger partial charge in [0.15, 0.2) is 46.9 Å². The first kappa shape index (κ1) is 64.5. The van der Waals surface area contributed by atoms with Crippen LogP contribution in [0.5, 0.6) is 5.88 Å². The quantitative estimate of drug-likeness (QED) is 0.0265. The maximum atomic E-state index is 13.5. The molecule has 3 fully saturated rings. The van der Waals surface area contributed by atoms with E-state index in [4.69, 9.17) is 45.2 Å². The van der Waals surface area contributed by atoms with Crippen LogP contribution >= 0.6 is 31.3 Å². The zero-order valence-corrected chi connectivity index (χ0v) is 45.3. The summed E-state index contributed by atoms with van der Waals surface area (Å²) >= 11 is 0. The zero-order chi connectivity index (χ0) is 54.3. The topological polar surface area (TPSA) is 723 Å². The number of imidazole rings is 3. The Hall–Kier alpha value is -5.31.